The lowest BCUT2D eigenvalue weighted by Crippen LogP contribution is -2.45. The normalized spacial score (nSPS) is 18.2. The second-order valence-electron chi connectivity index (χ2n) is 4.59. The number of benzene rings is 1. The van der Waals surface area contributed by atoms with E-state index in [1.165, 1.54) is 12.1 Å². The fraction of sp³-hybridized carbons (Fsp3) is 0.214. The van der Waals surface area contributed by atoms with Gasteiger partial charge in [-0.25, -0.2) is 4.39 Å². The van der Waals surface area contributed by atoms with E-state index in [4.69, 9.17) is 11.6 Å². The van der Waals surface area contributed by atoms with E-state index in [9.17, 15) is 9.18 Å². The number of aromatic nitrogens is 1. The molecule has 1 amide bonds. The summed E-state index contributed by atoms with van der Waals surface area (Å²) in [5, 5.41) is 0.516. The van der Waals surface area contributed by atoms with Crippen molar-refractivity contribution < 1.29 is 9.18 Å². The Balaban J connectivity index is 1.79. The van der Waals surface area contributed by atoms with Crippen molar-refractivity contribution in [3.05, 3.63) is 58.6 Å². The number of amides is 1. The van der Waals surface area contributed by atoms with Crippen molar-refractivity contribution in [2.24, 2.45) is 0 Å². The number of carbonyl (C=O) groups is 1. The first-order valence-corrected chi connectivity index (χ1v) is 6.43. The molecule has 3 rings (SSSR count). The average molecular weight is 279 g/mol. The summed E-state index contributed by atoms with van der Waals surface area (Å²) in [6, 6.07) is 7.92. The van der Waals surface area contributed by atoms with E-state index in [1.807, 2.05) is 0 Å². The molecule has 1 aromatic heterocycles. The molecule has 1 N–H and O–H groups in total. The molecule has 0 radical (unpaired) electrons. The van der Waals surface area contributed by atoms with Crippen molar-refractivity contribution >= 4 is 17.5 Å². The molecule has 0 aliphatic carbocycles. The van der Waals surface area contributed by atoms with Gasteiger partial charge in [-0.15, -0.1) is 0 Å². The van der Waals surface area contributed by atoms with Crippen LogP contribution in [-0.2, 0) is 0 Å². The number of hydrogen-bond donors (Lipinski definition) is 1. The highest BCUT2D eigenvalue weighted by molar-refractivity contribution is 6.30. The highest BCUT2D eigenvalue weighted by atomic mass is 35.5. The lowest BCUT2D eigenvalue weighted by atomic mass is 9.94. The van der Waals surface area contributed by atoms with Crippen LogP contribution in [0.15, 0.2) is 36.5 Å². The first kappa shape index (κ1) is 12.2. The molecule has 0 bridgehead atoms. The summed E-state index contributed by atoms with van der Waals surface area (Å²) < 4.78 is 12.9. The third kappa shape index (κ3) is 2.24. The van der Waals surface area contributed by atoms with E-state index in [-0.39, 0.29) is 17.8 Å². The molecule has 98 valence electrons. The SMILES string of the molecule is O=C(c1cc(Cl)c[nH]1)N1CC[C@@H]1c1ccc(F)cc1. The molecule has 0 saturated carbocycles. The highest BCUT2D eigenvalue weighted by Crippen LogP contribution is 2.34. The largest absolute Gasteiger partial charge is 0.356 e. The van der Waals surface area contributed by atoms with Crippen LogP contribution >= 0.6 is 11.6 Å². The van der Waals surface area contributed by atoms with Crippen LogP contribution in [0, 0.1) is 5.82 Å². The van der Waals surface area contributed by atoms with Crippen molar-refractivity contribution in [1.82, 2.24) is 9.88 Å². The number of hydrogen-bond acceptors (Lipinski definition) is 1. The van der Waals surface area contributed by atoms with Crippen molar-refractivity contribution in [2.75, 3.05) is 6.54 Å². The van der Waals surface area contributed by atoms with E-state index in [0.29, 0.717) is 17.3 Å². The van der Waals surface area contributed by atoms with Gasteiger partial charge in [0.2, 0.25) is 0 Å². The number of nitrogens with one attached hydrogen (secondary N) is 1. The standard InChI is InChI=1S/C14H12ClFN2O/c15-10-7-12(17-8-10)14(19)18-6-5-13(18)9-1-3-11(16)4-2-9/h1-4,7-8,13,17H,5-6H2/t13-/m1/s1. The molecule has 1 aromatic carbocycles. The zero-order chi connectivity index (χ0) is 13.4. The molecule has 0 unspecified atom stereocenters. The molecular weight excluding hydrogens is 267 g/mol. The molecule has 2 heterocycles. The van der Waals surface area contributed by atoms with E-state index in [2.05, 4.69) is 4.98 Å². The van der Waals surface area contributed by atoms with E-state index >= 15 is 0 Å². The minimum atomic E-state index is -0.267. The smallest absolute Gasteiger partial charge is 0.270 e. The Labute approximate surface area is 115 Å². The molecule has 2 aromatic rings. The highest BCUT2D eigenvalue weighted by Gasteiger charge is 2.34. The van der Waals surface area contributed by atoms with Gasteiger partial charge in [0.1, 0.15) is 11.5 Å². The van der Waals surface area contributed by atoms with Gasteiger partial charge in [0.15, 0.2) is 0 Å². The van der Waals surface area contributed by atoms with Crippen LogP contribution in [0.3, 0.4) is 0 Å². The second kappa shape index (κ2) is 4.70. The van der Waals surface area contributed by atoms with Gasteiger partial charge in [0, 0.05) is 12.7 Å². The van der Waals surface area contributed by atoms with Gasteiger partial charge in [0.25, 0.3) is 5.91 Å². The number of nitrogens with zero attached hydrogens (tertiary/aromatic N) is 1. The Bertz CT molecular complexity index is 608. The van der Waals surface area contributed by atoms with Crippen molar-refractivity contribution in [2.45, 2.75) is 12.5 Å². The summed E-state index contributed by atoms with van der Waals surface area (Å²) in [7, 11) is 0. The van der Waals surface area contributed by atoms with Gasteiger partial charge in [-0.2, -0.15) is 0 Å². The Morgan fingerprint density at radius 3 is 2.63 bits per heavy atom. The summed E-state index contributed by atoms with van der Waals surface area (Å²) in [6.07, 6.45) is 2.48. The van der Waals surface area contributed by atoms with Crippen LogP contribution in [0.4, 0.5) is 4.39 Å². The first-order valence-electron chi connectivity index (χ1n) is 6.05. The lowest BCUT2D eigenvalue weighted by Gasteiger charge is -2.41. The zero-order valence-corrected chi connectivity index (χ0v) is 10.8. The molecule has 1 fully saturated rings. The number of rotatable bonds is 2. The first-order chi connectivity index (χ1) is 9.15. The predicted molar refractivity (Wildman–Crippen MR) is 70.6 cm³/mol. The molecular formula is C14H12ClFN2O. The average Bonchev–Trinajstić information content (AvgIpc) is 2.77. The summed E-state index contributed by atoms with van der Waals surface area (Å²) >= 11 is 5.80. The third-order valence-corrected chi connectivity index (χ3v) is 3.63. The Morgan fingerprint density at radius 2 is 2.11 bits per heavy atom. The molecule has 0 spiro atoms. The monoisotopic (exact) mass is 278 g/mol. The van der Waals surface area contributed by atoms with Gasteiger partial charge in [-0.3, -0.25) is 4.79 Å². The summed E-state index contributed by atoms with van der Waals surface area (Å²) in [5.74, 6) is -0.343. The van der Waals surface area contributed by atoms with Gasteiger partial charge < -0.3 is 9.88 Å². The molecule has 1 aliphatic rings. The molecule has 3 nitrogen and oxygen atoms in total. The summed E-state index contributed by atoms with van der Waals surface area (Å²) in [4.78, 5) is 16.9. The van der Waals surface area contributed by atoms with Crippen LogP contribution in [0.2, 0.25) is 5.02 Å². The predicted octanol–water partition coefficient (Wildman–Crippen LogP) is 3.39. The van der Waals surface area contributed by atoms with Crippen LogP contribution in [0.5, 0.6) is 0 Å². The fourth-order valence-corrected chi connectivity index (χ4v) is 2.47. The number of carbonyl (C=O) groups excluding carboxylic acids is 1. The van der Waals surface area contributed by atoms with Crippen LogP contribution in [-0.4, -0.2) is 22.3 Å². The fourth-order valence-electron chi connectivity index (χ4n) is 2.31. The minimum absolute atomic E-state index is 0.0233. The maximum Gasteiger partial charge on any atom is 0.270 e. The number of likely N-dealkylation sites (tertiary alicyclic amines) is 1. The van der Waals surface area contributed by atoms with E-state index in [1.54, 1.807) is 29.3 Å². The van der Waals surface area contributed by atoms with Crippen molar-refractivity contribution in [3.63, 3.8) is 0 Å². The number of aromatic amines is 1. The molecule has 1 aliphatic heterocycles. The lowest BCUT2D eigenvalue weighted by molar-refractivity contribution is 0.0455. The second-order valence-corrected chi connectivity index (χ2v) is 5.02. The maximum absolute atomic E-state index is 12.9. The van der Waals surface area contributed by atoms with Crippen LogP contribution in [0.1, 0.15) is 28.5 Å². The van der Waals surface area contributed by atoms with Crippen LogP contribution < -0.4 is 0 Å². The number of H-pyrrole nitrogens is 1. The van der Waals surface area contributed by atoms with Crippen molar-refractivity contribution in [3.8, 4) is 0 Å². The van der Waals surface area contributed by atoms with E-state index < -0.39 is 0 Å². The minimum Gasteiger partial charge on any atom is -0.356 e. The zero-order valence-electron chi connectivity index (χ0n) is 10.1. The Hall–Kier alpha value is -1.81. The van der Waals surface area contributed by atoms with Gasteiger partial charge >= 0.3 is 0 Å². The quantitative estimate of drug-likeness (QED) is 0.898. The topological polar surface area (TPSA) is 36.1 Å². The van der Waals surface area contributed by atoms with Gasteiger partial charge in [-0.05, 0) is 30.2 Å². The summed E-state index contributed by atoms with van der Waals surface area (Å²) in [5.41, 5.74) is 1.44. The Morgan fingerprint density at radius 1 is 1.37 bits per heavy atom. The van der Waals surface area contributed by atoms with Crippen molar-refractivity contribution in [1.29, 1.82) is 0 Å². The Kier molecular flexibility index (Phi) is 3.03. The van der Waals surface area contributed by atoms with E-state index in [0.717, 1.165) is 12.0 Å². The van der Waals surface area contributed by atoms with Gasteiger partial charge in [0.05, 0.1) is 11.1 Å². The molecule has 5 heteroatoms. The van der Waals surface area contributed by atoms with Crippen LogP contribution in [0.25, 0.3) is 0 Å². The number of halogens is 2. The van der Waals surface area contributed by atoms with Gasteiger partial charge in [-0.1, -0.05) is 23.7 Å². The maximum atomic E-state index is 12.9. The molecule has 19 heavy (non-hydrogen) atoms. The molecule has 1 saturated heterocycles. The third-order valence-electron chi connectivity index (χ3n) is 3.41. The molecule has 1 atom stereocenters. The summed E-state index contributed by atoms with van der Waals surface area (Å²) in [6.45, 7) is 0.706.